The lowest BCUT2D eigenvalue weighted by molar-refractivity contribution is -0.131. The number of aromatic nitrogens is 1. The third kappa shape index (κ3) is 4.94. The number of hydrogen-bond donors (Lipinski definition) is 1. The van der Waals surface area contributed by atoms with Crippen LogP contribution >= 0.6 is 11.3 Å². The zero-order valence-corrected chi connectivity index (χ0v) is 17.1. The molecule has 0 aliphatic carbocycles. The Balaban J connectivity index is 1.71. The SMILES string of the molecule is COC(C(C)C(=O)NC(Cc1ccccc1)c1nccs1)[C@@H]1CCCN1C. The Hall–Kier alpha value is -1.76. The first-order valence-electron chi connectivity index (χ1n) is 9.57. The molecule has 0 spiro atoms. The third-order valence-electron chi connectivity index (χ3n) is 5.48. The molecule has 27 heavy (non-hydrogen) atoms. The van der Waals surface area contributed by atoms with E-state index in [4.69, 9.17) is 4.74 Å². The van der Waals surface area contributed by atoms with Crippen LogP contribution in [0.1, 0.15) is 36.4 Å². The van der Waals surface area contributed by atoms with E-state index in [1.54, 1.807) is 24.6 Å². The molecule has 6 heteroatoms. The van der Waals surface area contributed by atoms with E-state index in [1.807, 2.05) is 30.5 Å². The lowest BCUT2D eigenvalue weighted by atomic mass is 9.94. The molecule has 1 aromatic carbocycles. The maximum absolute atomic E-state index is 13.1. The van der Waals surface area contributed by atoms with Gasteiger partial charge in [0.1, 0.15) is 5.01 Å². The van der Waals surface area contributed by atoms with Gasteiger partial charge in [0.15, 0.2) is 0 Å². The molecule has 1 aromatic heterocycles. The van der Waals surface area contributed by atoms with Crippen LogP contribution in [0, 0.1) is 5.92 Å². The van der Waals surface area contributed by atoms with Crippen molar-refractivity contribution in [2.24, 2.45) is 5.92 Å². The van der Waals surface area contributed by atoms with E-state index in [1.165, 1.54) is 5.56 Å². The molecule has 1 aliphatic heterocycles. The molecule has 3 unspecified atom stereocenters. The summed E-state index contributed by atoms with van der Waals surface area (Å²) in [6, 6.07) is 10.4. The van der Waals surface area contributed by atoms with Crippen molar-refractivity contribution in [3.05, 3.63) is 52.5 Å². The van der Waals surface area contributed by atoms with Crippen molar-refractivity contribution < 1.29 is 9.53 Å². The van der Waals surface area contributed by atoms with Gasteiger partial charge in [-0.05, 0) is 38.4 Å². The summed E-state index contributed by atoms with van der Waals surface area (Å²) < 4.78 is 5.76. The summed E-state index contributed by atoms with van der Waals surface area (Å²) >= 11 is 1.58. The molecular weight excluding hydrogens is 358 g/mol. The first kappa shape index (κ1) is 20.0. The van der Waals surface area contributed by atoms with E-state index in [9.17, 15) is 4.79 Å². The van der Waals surface area contributed by atoms with Crippen LogP contribution in [0.15, 0.2) is 41.9 Å². The topological polar surface area (TPSA) is 54.5 Å². The average molecular weight is 388 g/mol. The van der Waals surface area contributed by atoms with E-state index in [0.717, 1.165) is 30.8 Å². The van der Waals surface area contributed by atoms with E-state index in [2.05, 4.69) is 34.4 Å². The van der Waals surface area contributed by atoms with Gasteiger partial charge in [-0.2, -0.15) is 0 Å². The fourth-order valence-electron chi connectivity index (χ4n) is 3.95. The van der Waals surface area contributed by atoms with E-state index < -0.39 is 0 Å². The first-order chi connectivity index (χ1) is 13.1. The van der Waals surface area contributed by atoms with Crippen molar-refractivity contribution in [2.45, 2.75) is 44.4 Å². The van der Waals surface area contributed by atoms with Crippen molar-refractivity contribution in [3.63, 3.8) is 0 Å². The normalized spacial score (nSPS) is 20.9. The highest BCUT2D eigenvalue weighted by Gasteiger charge is 2.36. The molecule has 1 N–H and O–H groups in total. The van der Waals surface area contributed by atoms with Gasteiger partial charge in [-0.15, -0.1) is 11.3 Å². The lowest BCUT2D eigenvalue weighted by Crippen LogP contribution is -2.47. The summed E-state index contributed by atoms with van der Waals surface area (Å²) in [4.78, 5) is 19.8. The summed E-state index contributed by atoms with van der Waals surface area (Å²) in [7, 11) is 3.82. The minimum atomic E-state index is -0.223. The fourth-order valence-corrected chi connectivity index (χ4v) is 4.64. The average Bonchev–Trinajstić information content (AvgIpc) is 3.35. The number of benzene rings is 1. The second kappa shape index (κ2) is 9.44. The van der Waals surface area contributed by atoms with Crippen molar-refractivity contribution in [3.8, 4) is 0 Å². The molecule has 3 rings (SSSR count). The highest BCUT2D eigenvalue weighted by molar-refractivity contribution is 7.09. The van der Waals surface area contributed by atoms with Crippen molar-refractivity contribution in [1.82, 2.24) is 15.2 Å². The molecule has 0 saturated carbocycles. The highest BCUT2D eigenvalue weighted by atomic mass is 32.1. The molecule has 0 radical (unpaired) electrons. The number of thiazole rings is 1. The fraction of sp³-hybridized carbons (Fsp3) is 0.524. The van der Waals surface area contributed by atoms with Crippen molar-refractivity contribution >= 4 is 17.2 Å². The number of nitrogens with one attached hydrogen (secondary N) is 1. The lowest BCUT2D eigenvalue weighted by Gasteiger charge is -2.32. The third-order valence-corrected chi connectivity index (χ3v) is 6.37. The Kier molecular flexibility index (Phi) is 6.99. The molecule has 1 fully saturated rings. The molecule has 1 saturated heterocycles. The Morgan fingerprint density at radius 3 is 2.78 bits per heavy atom. The van der Waals surface area contributed by atoms with Crippen LogP contribution in [0.2, 0.25) is 0 Å². The smallest absolute Gasteiger partial charge is 0.226 e. The minimum Gasteiger partial charge on any atom is -0.379 e. The summed E-state index contributed by atoms with van der Waals surface area (Å²) in [6.45, 7) is 3.03. The quantitative estimate of drug-likeness (QED) is 0.755. The van der Waals surface area contributed by atoms with Crippen LogP contribution in [0.3, 0.4) is 0 Å². The summed E-state index contributed by atoms with van der Waals surface area (Å²) in [5, 5.41) is 6.12. The van der Waals surface area contributed by atoms with Gasteiger partial charge < -0.3 is 15.0 Å². The number of likely N-dealkylation sites (tertiary alicyclic amines) is 1. The molecule has 5 nitrogen and oxygen atoms in total. The first-order valence-corrected chi connectivity index (χ1v) is 10.4. The predicted molar refractivity (Wildman–Crippen MR) is 109 cm³/mol. The maximum atomic E-state index is 13.1. The number of amides is 1. The molecule has 4 atom stereocenters. The van der Waals surface area contributed by atoms with E-state index >= 15 is 0 Å². The van der Waals surface area contributed by atoms with Gasteiger partial charge in [0.2, 0.25) is 5.91 Å². The molecule has 0 bridgehead atoms. The highest BCUT2D eigenvalue weighted by Crippen LogP contribution is 2.26. The second-order valence-electron chi connectivity index (χ2n) is 7.30. The second-order valence-corrected chi connectivity index (χ2v) is 8.23. The summed E-state index contributed by atoms with van der Waals surface area (Å²) in [5.41, 5.74) is 1.18. The Morgan fingerprint density at radius 2 is 2.19 bits per heavy atom. The van der Waals surface area contributed by atoms with Gasteiger partial charge in [-0.1, -0.05) is 37.3 Å². The van der Waals surface area contributed by atoms with Crippen LogP contribution in [0.4, 0.5) is 0 Å². The zero-order valence-electron chi connectivity index (χ0n) is 16.3. The maximum Gasteiger partial charge on any atom is 0.226 e. The minimum absolute atomic E-state index is 0.0262. The number of carbonyl (C=O) groups is 1. The van der Waals surface area contributed by atoms with Crippen LogP contribution < -0.4 is 5.32 Å². The van der Waals surface area contributed by atoms with Gasteiger partial charge in [0.05, 0.1) is 18.1 Å². The number of ether oxygens (including phenoxy) is 1. The van der Waals surface area contributed by atoms with Crippen LogP contribution in [-0.2, 0) is 16.0 Å². The largest absolute Gasteiger partial charge is 0.379 e. The van der Waals surface area contributed by atoms with Crippen LogP contribution in [-0.4, -0.2) is 48.6 Å². The molecule has 146 valence electrons. The Labute approximate surface area is 165 Å². The molecule has 1 amide bonds. The van der Waals surface area contributed by atoms with Crippen LogP contribution in [0.5, 0.6) is 0 Å². The monoisotopic (exact) mass is 387 g/mol. The number of nitrogens with zero attached hydrogens (tertiary/aromatic N) is 2. The molecular formula is C21H29N3O2S. The molecule has 2 aromatic rings. The van der Waals surface area contributed by atoms with Crippen LogP contribution in [0.25, 0.3) is 0 Å². The number of rotatable bonds is 8. The van der Waals surface area contributed by atoms with Gasteiger partial charge >= 0.3 is 0 Å². The Morgan fingerprint density at radius 1 is 1.41 bits per heavy atom. The number of likely N-dealkylation sites (N-methyl/N-ethyl adjacent to an activating group) is 1. The van der Waals surface area contributed by atoms with E-state index in [-0.39, 0.29) is 24.0 Å². The number of methoxy groups -OCH3 is 1. The molecule has 1 aliphatic rings. The van der Waals surface area contributed by atoms with Crippen molar-refractivity contribution in [1.29, 1.82) is 0 Å². The zero-order chi connectivity index (χ0) is 19.2. The van der Waals surface area contributed by atoms with Crippen molar-refractivity contribution in [2.75, 3.05) is 20.7 Å². The van der Waals surface area contributed by atoms with Gasteiger partial charge in [0, 0.05) is 24.7 Å². The van der Waals surface area contributed by atoms with Gasteiger partial charge in [-0.3, -0.25) is 4.79 Å². The van der Waals surface area contributed by atoms with Gasteiger partial charge in [0.25, 0.3) is 0 Å². The standard InChI is InChI=1S/C21H29N3O2S/c1-15(19(26-3)18-10-7-12-24(18)2)20(25)23-17(21-22-11-13-27-21)14-16-8-5-4-6-9-16/h4-6,8-9,11,13,15,17-19H,7,10,12,14H2,1-3H3,(H,23,25)/t15?,17?,18-,19?/m0/s1. The Bertz CT molecular complexity index is 707. The van der Waals surface area contributed by atoms with E-state index in [0.29, 0.717) is 6.04 Å². The molecule has 2 heterocycles. The summed E-state index contributed by atoms with van der Waals surface area (Å²) in [6.07, 6.45) is 4.65. The number of hydrogen-bond acceptors (Lipinski definition) is 5. The predicted octanol–water partition coefficient (Wildman–Crippen LogP) is 3.29. The van der Waals surface area contributed by atoms with Gasteiger partial charge in [-0.25, -0.2) is 4.98 Å². The number of carbonyl (C=O) groups excluding carboxylic acids is 1. The summed E-state index contributed by atoms with van der Waals surface area (Å²) in [5.74, 6) is -0.197.